The van der Waals surface area contributed by atoms with Crippen LogP contribution in [0.1, 0.15) is 40.2 Å². The molecule has 9 heteroatoms. The Morgan fingerprint density at radius 1 is 1.15 bits per heavy atom. The Bertz CT molecular complexity index is 1030. The lowest BCUT2D eigenvalue weighted by Gasteiger charge is -2.36. The van der Waals surface area contributed by atoms with Crippen molar-refractivity contribution >= 4 is 23.6 Å². The van der Waals surface area contributed by atoms with Crippen molar-refractivity contribution in [3.05, 3.63) is 47.3 Å². The topological polar surface area (TPSA) is 88.1 Å². The minimum absolute atomic E-state index is 0.0556. The van der Waals surface area contributed by atoms with E-state index in [2.05, 4.69) is 22.9 Å². The van der Waals surface area contributed by atoms with Gasteiger partial charge >= 0.3 is 6.09 Å². The second-order valence-electron chi connectivity index (χ2n) is 8.92. The van der Waals surface area contributed by atoms with Crippen molar-refractivity contribution in [1.82, 2.24) is 14.9 Å². The van der Waals surface area contributed by atoms with E-state index in [1.54, 1.807) is 19.2 Å². The fraction of sp³-hybridized carbons (Fsp3) is 0.500. The first-order valence-electron chi connectivity index (χ1n) is 11.5. The minimum atomic E-state index is -0.450. The number of anilines is 2. The number of carbonyl (C=O) groups is 2. The van der Waals surface area contributed by atoms with Crippen LogP contribution in [0, 0.1) is 6.92 Å². The van der Waals surface area contributed by atoms with Crippen molar-refractivity contribution in [3.63, 3.8) is 0 Å². The third kappa shape index (κ3) is 4.37. The smallest absolute Gasteiger partial charge is 0.416 e. The van der Waals surface area contributed by atoms with Gasteiger partial charge in [0.05, 0.1) is 18.2 Å². The molecule has 2 amide bonds. The number of cyclic esters (lactones) is 1. The van der Waals surface area contributed by atoms with Crippen molar-refractivity contribution in [2.24, 2.45) is 0 Å². The van der Waals surface area contributed by atoms with Crippen molar-refractivity contribution in [2.45, 2.75) is 31.7 Å². The van der Waals surface area contributed by atoms with Crippen molar-refractivity contribution in [2.75, 3.05) is 56.3 Å². The summed E-state index contributed by atoms with van der Waals surface area (Å²) < 4.78 is 10.3. The van der Waals surface area contributed by atoms with Crippen LogP contribution in [-0.2, 0) is 9.47 Å². The summed E-state index contributed by atoms with van der Waals surface area (Å²) in [4.78, 5) is 39.8. The lowest BCUT2D eigenvalue weighted by molar-refractivity contribution is 0.0746. The first kappa shape index (κ1) is 21.6. The lowest BCUT2D eigenvalue weighted by Crippen LogP contribution is -2.49. The van der Waals surface area contributed by atoms with E-state index in [1.807, 2.05) is 11.1 Å². The molecule has 3 fully saturated rings. The van der Waals surface area contributed by atoms with Gasteiger partial charge in [-0.15, -0.1) is 0 Å². The van der Waals surface area contributed by atoms with E-state index >= 15 is 0 Å². The van der Waals surface area contributed by atoms with E-state index in [-0.39, 0.29) is 18.6 Å². The first-order chi connectivity index (χ1) is 16.0. The van der Waals surface area contributed by atoms with E-state index in [1.165, 1.54) is 35.1 Å². The molecule has 174 valence electrons. The van der Waals surface area contributed by atoms with Crippen LogP contribution in [0.3, 0.4) is 0 Å². The van der Waals surface area contributed by atoms with Gasteiger partial charge in [-0.25, -0.2) is 14.8 Å². The third-order valence-corrected chi connectivity index (χ3v) is 6.55. The quantitative estimate of drug-likeness (QED) is 0.667. The van der Waals surface area contributed by atoms with Gasteiger partial charge in [0.2, 0.25) is 0 Å². The Labute approximate surface area is 193 Å². The molecule has 2 aliphatic heterocycles. The van der Waals surface area contributed by atoms with Gasteiger partial charge in [0.1, 0.15) is 18.2 Å². The van der Waals surface area contributed by atoms with Gasteiger partial charge in [0.15, 0.2) is 0 Å². The standard InChI is InChI=1S/C24H29N5O4/c1-16-11-19(17-3-4-17)13-26-22(16)27-7-9-28(10-8-27)23(30)18-5-6-21(25-12-18)29-20(14-32-2)15-33-24(29)31/h5-6,11-13,17,20H,3-4,7-10,14-15H2,1-2H3/t20-/m1/s1. The van der Waals surface area contributed by atoms with Crippen LogP contribution in [0.15, 0.2) is 30.6 Å². The van der Waals surface area contributed by atoms with Crippen LogP contribution >= 0.6 is 0 Å². The number of aromatic nitrogens is 2. The summed E-state index contributed by atoms with van der Waals surface area (Å²) in [6, 6.07) is 5.44. The first-order valence-corrected chi connectivity index (χ1v) is 11.5. The fourth-order valence-corrected chi connectivity index (χ4v) is 4.58. The number of ether oxygens (including phenoxy) is 2. The van der Waals surface area contributed by atoms with E-state index in [0.717, 1.165) is 18.9 Å². The predicted molar refractivity (Wildman–Crippen MR) is 123 cm³/mol. The molecule has 5 rings (SSSR count). The molecule has 1 aliphatic carbocycles. The number of hydrogen-bond donors (Lipinski definition) is 0. The van der Waals surface area contributed by atoms with Crippen LogP contribution in [0.2, 0.25) is 0 Å². The Morgan fingerprint density at radius 2 is 1.94 bits per heavy atom. The van der Waals surface area contributed by atoms with Gasteiger partial charge < -0.3 is 19.3 Å². The molecule has 0 bridgehead atoms. The molecule has 9 nitrogen and oxygen atoms in total. The Morgan fingerprint density at radius 3 is 2.58 bits per heavy atom. The molecular formula is C24H29N5O4. The molecule has 0 aromatic carbocycles. The highest BCUT2D eigenvalue weighted by molar-refractivity contribution is 5.95. The number of aryl methyl sites for hydroxylation is 1. The minimum Gasteiger partial charge on any atom is -0.447 e. The number of hydrogen-bond acceptors (Lipinski definition) is 7. The van der Waals surface area contributed by atoms with Gasteiger partial charge in [-0.1, -0.05) is 6.07 Å². The molecule has 3 aliphatic rings. The molecule has 0 N–H and O–H groups in total. The number of piperazine rings is 1. The highest BCUT2D eigenvalue weighted by Crippen LogP contribution is 2.40. The van der Waals surface area contributed by atoms with E-state index in [9.17, 15) is 9.59 Å². The number of pyridine rings is 2. The SMILES string of the molecule is COC[C@@H]1COC(=O)N1c1ccc(C(=O)N2CCN(c3ncc(C4CC4)cc3C)CC2)cn1. The molecule has 2 aromatic rings. The van der Waals surface area contributed by atoms with Crippen molar-refractivity contribution in [1.29, 1.82) is 0 Å². The van der Waals surface area contributed by atoms with Crippen molar-refractivity contribution in [3.8, 4) is 0 Å². The Balaban J connectivity index is 1.21. The second kappa shape index (κ2) is 8.97. The van der Waals surface area contributed by atoms with Gasteiger partial charge in [-0.2, -0.15) is 0 Å². The summed E-state index contributed by atoms with van der Waals surface area (Å²) in [5.41, 5.74) is 3.05. The number of carbonyl (C=O) groups excluding carboxylic acids is 2. The van der Waals surface area contributed by atoms with Crippen LogP contribution in [0.25, 0.3) is 0 Å². The van der Waals surface area contributed by atoms with Gasteiger partial charge in [0.25, 0.3) is 5.91 Å². The van der Waals surface area contributed by atoms with E-state index in [4.69, 9.17) is 14.5 Å². The summed E-state index contributed by atoms with van der Waals surface area (Å²) in [6.07, 6.45) is 5.63. The van der Waals surface area contributed by atoms with Crippen LogP contribution in [0.4, 0.5) is 16.4 Å². The molecule has 2 aromatic heterocycles. The van der Waals surface area contributed by atoms with Crippen LogP contribution < -0.4 is 9.80 Å². The molecule has 4 heterocycles. The molecule has 1 atom stereocenters. The van der Waals surface area contributed by atoms with Crippen LogP contribution in [-0.4, -0.2) is 79.4 Å². The molecular weight excluding hydrogens is 422 g/mol. The molecule has 2 saturated heterocycles. The number of methoxy groups -OCH3 is 1. The molecule has 33 heavy (non-hydrogen) atoms. The lowest BCUT2D eigenvalue weighted by atomic mass is 10.1. The maximum absolute atomic E-state index is 13.0. The van der Waals surface area contributed by atoms with E-state index < -0.39 is 6.09 Å². The fourth-order valence-electron chi connectivity index (χ4n) is 4.58. The summed E-state index contributed by atoms with van der Waals surface area (Å²) in [5.74, 6) is 2.11. The molecule has 1 saturated carbocycles. The average molecular weight is 452 g/mol. The van der Waals surface area contributed by atoms with Gasteiger partial charge in [0, 0.05) is 45.7 Å². The summed E-state index contributed by atoms with van der Waals surface area (Å²) >= 11 is 0. The maximum Gasteiger partial charge on any atom is 0.416 e. The Kier molecular flexibility index (Phi) is 5.88. The monoisotopic (exact) mass is 451 g/mol. The van der Waals surface area contributed by atoms with Crippen LogP contribution in [0.5, 0.6) is 0 Å². The van der Waals surface area contributed by atoms with E-state index in [0.29, 0.717) is 37.0 Å². The zero-order valence-corrected chi connectivity index (χ0v) is 19.1. The third-order valence-electron chi connectivity index (χ3n) is 6.55. The zero-order chi connectivity index (χ0) is 22.9. The largest absolute Gasteiger partial charge is 0.447 e. The van der Waals surface area contributed by atoms with Crippen molar-refractivity contribution < 1.29 is 19.1 Å². The molecule has 0 radical (unpaired) electrons. The number of nitrogens with zero attached hydrogens (tertiary/aromatic N) is 5. The second-order valence-corrected chi connectivity index (χ2v) is 8.92. The highest BCUT2D eigenvalue weighted by atomic mass is 16.6. The summed E-state index contributed by atoms with van der Waals surface area (Å²) in [6.45, 7) is 5.47. The number of rotatable bonds is 6. The highest BCUT2D eigenvalue weighted by Gasteiger charge is 2.35. The zero-order valence-electron chi connectivity index (χ0n) is 19.1. The summed E-state index contributed by atoms with van der Waals surface area (Å²) in [5, 5.41) is 0. The number of amides is 2. The average Bonchev–Trinajstić information content (AvgIpc) is 3.63. The Hall–Kier alpha value is -3.20. The van der Waals surface area contributed by atoms with Gasteiger partial charge in [-0.05, 0) is 48.9 Å². The summed E-state index contributed by atoms with van der Waals surface area (Å²) in [7, 11) is 1.58. The molecule has 0 unspecified atom stereocenters. The van der Waals surface area contributed by atoms with Gasteiger partial charge in [-0.3, -0.25) is 9.69 Å². The molecule has 0 spiro atoms. The normalized spacial score (nSPS) is 20.8. The maximum atomic E-state index is 13.0. The predicted octanol–water partition coefficient (Wildman–Crippen LogP) is 2.60.